The van der Waals surface area contributed by atoms with Crippen molar-refractivity contribution in [3.05, 3.63) is 77.3 Å². The molecule has 1 amide bonds. The van der Waals surface area contributed by atoms with Crippen LogP contribution >= 0.6 is 0 Å². The van der Waals surface area contributed by atoms with Crippen molar-refractivity contribution in [1.82, 2.24) is 5.32 Å². The standard InChI is InChI=1S/C37H47N3O13/c1-19(18-38)7-4-10-25(43)35(49)28(46)13-14-51-30-15-22(42)16-31(32(30)21(3)41)52-53-36-23-9-6-12-27(45)34(48)26(44)11-5-8-20(2)40-37(50)33(23)24(39)17-29(36)47/h4-6,9-11,15-20,23,27-28,34-36,38,42,45-49H,7-8,12-14,39H2,1-3H3,(H,40,50)/b9-6+,10-4-,11-5-,38-18?/t19-,20-,23?,27-,28-,34+,35+,36?/m0/s1. The fraction of sp³-hybridized carbons (Fsp3) is 0.432. The summed E-state index contributed by atoms with van der Waals surface area (Å²) >= 11 is 0. The third kappa shape index (κ3) is 11.7. The summed E-state index contributed by atoms with van der Waals surface area (Å²) in [7, 11) is 0. The van der Waals surface area contributed by atoms with Gasteiger partial charge in [0, 0.05) is 42.3 Å². The maximum atomic E-state index is 13.5. The number of aromatic hydroxyl groups is 1. The van der Waals surface area contributed by atoms with E-state index >= 15 is 0 Å². The van der Waals surface area contributed by atoms with Crippen LogP contribution in [0.5, 0.6) is 17.2 Å². The predicted octanol–water partition coefficient (Wildman–Crippen LogP) is 1.55. The number of nitrogens with two attached hydrogens (primary N) is 1. The van der Waals surface area contributed by atoms with Crippen LogP contribution < -0.4 is 20.7 Å². The number of Topliss-reactive ketones (excluding diaryl/α,β-unsaturated/α-hetero) is 1. The van der Waals surface area contributed by atoms with E-state index in [0.29, 0.717) is 6.42 Å². The van der Waals surface area contributed by atoms with Gasteiger partial charge in [-0.15, -0.1) is 0 Å². The summed E-state index contributed by atoms with van der Waals surface area (Å²) < 4.78 is 5.64. The number of carbonyl (C=O) groups excluding carboxylic acids is 4. The number of allylic oxidation sites excluding steroid dienone is 2. The number of benzene rings is 1. The van der Waals surface area contributed by atoms with E-state index in [-0.39, 0.29) is 60.1 Å². The number of aliphatic hydroxyl groups is 5. The molecule has 16 nitrogen and oxygen atoms in total. The molecule has 1 aromatic rings. The van der Waals surface area contributed by atoms with Crippen molar-refractivity contribution in [3.8, 4) is 17.2 Å². The minimum absolute atomic E-state index is 0.0472. The van der Waals surface area contributed by atoms with Gasteiger partial charge in [-0.2, -0.15) is 4.89 Å². The van der Waals surface area contributed by atoms with Gasteiger partial charge in [0.05, 0.1) is 24.4 Å². The molecule has 0 saturated heterocycles. The van der Waals surface area contributed by atoms with E-state index in [2.05, 4.69) is 5.32 Å². The highest BCUT2D eigenvalue weighted by molar-refractivity contribution is 6.00. The SMILES string of the molecule is CC(=O)c1c(OCC[C@H](O)[C@H](O)C(=O)/C=C\C[C@H](C)C=N)cc(O)cc1OOC1C(O)=CC(N)=C2C(=O)N[C@@H](C)C/C=C\C(=O)[C@@H](O)[C@@H](O)C/C=C/C21. The van der Waals surface area contributed by atoms with Crippen LogP contribution in [0.4, 0.5) is 0 Å². The lowest BCUT2D eigenvalue weighted by Crippen LogP contribution is -2.42. The molecular weight excluding hydrogens is 694 g/mol. The predicted molar refractivity (Wildman–Crippen MR) is 190 cm³/mol. The Morgan fingerprint density at radius 1 is 1.11 bits per heavy atom. The van der Waals surface area contributed by atoms with Gasteiger partial charge >= 0.3 is 0 Å². The van der Waals surface area contributed by atoms with Gasteiger partial charge in [-0.25, -0.2) is 0 Å². The number of hydrogen-bond donors (Lipinski definition) is 9. The van der Waals surface area contributed by atoms with Crippen molar-refractivity contribution in [2.45, 2.75) is 83.0 Å². The quantitative estimate of drug-likeness (QED) is 0.0327. The van der Waals surface area contributed by atoms with Gasteiger partial charge in [-0.3, -0.25) is 19.2 Å². The second-order valence-corrected chi connectivity index (χ2v) is 12.9. The van der Waals surface area contributed by atoms with Crippen LogP contribution in [0, 0.1) is 17.2 Å². The second-order valence-electron chi connectivity index (χ2n) is 12.9. The molecule has 1 heterocycles. The Hall–Kier alpha value is -5.13. The van der Waals surface area contributed by atoms with Crippen molar-refractivity contribution >= 4 is 29.5 Å². The minimum atomic E-state index is -1.77. The number of fused-ring (bicyclic) bond motifs is 1. The Bertz CT molecular complexity index is 1680. The van der Waals surface area contributed by atoms with E-state index in [9.17, 15) is 49.8 Å². The molecule has 2 unspecified atom stereocenters. The van der Waals surface area contributed by atoms with Gasteiger partial charge in [-0.05, 0) is 57.4 Å². The van der Waals surface area contributed by atoms with E-state index in [0.717, 1.165) is 30.4 Å². The first kappa shape index (κ1) is 42.3. The highest BCUT2D eigenvalue weighted by Crippen LogP contribution is 2.37. The number of ether oxygens (including phenoxy) is 1. The van der Waals surface area contributed by atoms with E-state index in [1.165, 1.54) is 37.4 Å². The van der Waals surface area contributed by atoms with Crippen molar-refractivity contribution in [2.24, 2.45) is 17.6 Å². The number of phenols is 1. The monoisotopic (exact) mass is 741 g/mol. The molecule has 1 aliphatic carbocycles. The first-order chi connectivity index (χ1) is 25.0. The highest BCUT2D eigenvalue weighted by Gasteiger charge is 2.38. The van der Waals surface area contributed by atoms with E-state index in [1.54, 1.807) is 13.8 Å². The average molecular weight is 742 g/mol. The molecule has 0 radical (unpaired) electrons. The fourth-order valence-electron chi connectivity index (χ4n) is 5.38. The molecule has 0 fully saturated rings. The smallest absolute Gasteiger partial charge is 0.250 e. The maximum absolute atomic E-state index is 13.5. The zero-order valence-electron chi connectivity index (χ0n) is 29.5. The lowest BCUT2D eigenvalue weighted by molar-refractivity contribution is -0.247. The Morgan fingerprint density at radius 3 is 2.49 bits per heavy atom. The van der Waals surface area contributed by atoms with Crippen LogP contribution in [0.3, 0.4) is 0 Å². The van der Waals surface area contributed by atoms with E-state index in [4.69, 9.17) is 25.7 Å². The number of phenolic OH excluding ortho intramolecular Hbond substituents is 1. The molecule has 0 spiro atoms. The lowest BCUT2D eigenvalue weighted by Gasteiger charge is -2.30. The van der Waals surface area contributed by atoms with Gasteiger partial charge in [0.25, 0.3) is 0 Å². The van der Waals surface area contributed by atoms with Crippen molar-refractivity contribution in [3.63, 3.8) is 0 Å². The van der Waals surface area contributed by atoms with Gasteiger partial charge in [0.2, 0.25) is 5.91 Å². The highest BCUT2D eigenvalue weighted by atomic mass is 17.2. The van der Waals surface area contributed by atoms with Crippen LogP contribution in [-0.2, 0) is 19.3 Å². The number of hydrogen-bond acceptors (Lipinski definition) is 15. The van der Waals surface area contributed by atoms with E-state index in [1.807, 2.05) is 0 Å². The molecule has 8 atom stereocenters. The fourth-order valence-corrected chi connectivity index (χ4v) is 5.38. The number of aliphatic hydroxyl groups excluding tert-OH is 5. The third-order valence-corrected chi connectivity index (χ3v) is 8.38. The van der Waals surface area contributed by atoms with Crippen LogP contribution in [0.2, 0.25) is 0 Å². The van der Waals surface area contributed by atoms with Crippen LogP contribution in [-0.4, -0.2) is 103 Å². The molecule has 288 valence electrons. The zero-order chi connectivity index (χ0) is 39.4. The molecule has 0 saturated carbocycles. The van der Waals surface area contributed by atoms with E-state index < -0.39 is 77.2 Å². The first-order valence-corrected chi connectivity index (χ1v) is 16.9. The Labute approximate surface area is 306 Å². The minimum Gasteiger partial charge on any atom is -0.509 e. The second kappa shape index (κ2) is 19.6. The van der Waals surface area contributed by atoms with Crippen molar-refractivity contribution in [2.75, 3.05) is 6.61 Å². The molecule has 2 aliphatic rings. The molecule has 0 bridgehead atoms. The molecule has 0 aromatic heterocycles. The van der Waals surface area contributed by atoms with Crippen LogP contribution in [0.15, 0.2) is 71.7 Å². The number of rotatable bonds is 14. The maximum Gasteiger partial charge on any atom is 0.250 e. The summed E-state index contributed by atoms with van der Waals surface area (Å²) in [5.74, 6) is -5.53. The van der Waals surface area contributed by atoms with Crippen LogP contribution in [0.25, 0.3) is 0 Å². The molecular formula is C37H47N3O13. The molecule has 16 heteroatoms. The summed E-state index contributed by atoms with van der Waals surface area (Å²) in [6, 6.07) is 1.60. The number of carbonyl (C=O) groups is 4. The molecule has 1 aliphatic heterocycles. The Balaban J connectivity index is 1.84. The van der Waals surface area contributed by atoms with Crippen LogP contribution in [0.1, 0.15) is 56.8 Å². The lowest BCUT2D eigenvalue weighted by atomic mass is 9.84. The molecule has 10 N–H and O–H groups in total. The number of nitrogens with one attached hydrogen (secondary N) is 2. The average Bonchev–Trinajstić information content (AvgIpc) is 3.09. The summed E-state index contributed by atoms with van der Waals surface area (Å²) in [5.41, 5.74) is 5.79. The summed E-state index contributed by atoms with van der Waals surface area (Å²) in [6.45, 7) is 4.27. The van der Waals surface area contributed by atoms with Gasteiger partial charge in [0.15, 0.2) is 29.2 Å². The first-order valence-electron chi connectivity index (χ1n) is 16.9. The van der Waals surface area contributed by atoms with Crippen molar-refractivity contribution < 1.29 is 64.3 Å². The van der Waals surface area contributed by atoms with Gasteiger partial charge in [-0.1, -0.05) is 31.2 Å². The van der Waals surface area contributed by atoms with Gasteiger partial charge in [0.1, 0.15) is 35.0 Å². The summed E-state index contributed by atoms with van der Waals surface area (Å²) in [6.07, 6.45) is 2.22. The Morgan fingerprint density at radius 2 is 1.81 bits per heavy atom. The van der Waals surface area contributed by atoms with Gasteiger partial charge < -0.3 is 56.7 Å². The van der Waals surface area contributed by atoms with Crippen molar-refractivity contribution in [1.29, 1.82) is 5.41 Å². The number of amides is 1. The molecule has 3 rings (SSSR count). The normalized spacial score (nSPS) is 25.6. The summed E-state index contributed by atoms with van der Waals surface area (Å²) in [4.78, 5) is 61.9. The zero-order valence-corrected chi connectivity index (χ0v) is 29.5. The third-order valence-electron chi connectivity index (χ3n) is 8.38. The topological polar surface area (TPSA) is 279 Å². The largest absolute Gasteiger partial charge is 0.509 e. The summed E-state index contributed by atoms with van der Waals surface area (Å²) in [5, 5.41) is 72.6. The molecule has 1 aromatic carbocycles. The molecule has 53 heavy (non-hydrogen) atoms. The Kier molecular flexibility index (Phi) is 15.7. The number of ketones is 3.